The third kappa shape index (κ3) is 5.96. The van der Waals surface area contributed by atoms with Gasteiger partial charge in [-0.15, -0.1) is 0 Å². The molecule has 0 N–H and O–H groups in total. The lowest BCUT2D eigenvalue weighted by Crippen LogP contribution is -2.37. The predicted molar refractivity (Wildman–Crippen MR) is 135 cm³/mol. The SMILES string of the molecule is CC(C)N(Cc1cnc(S(=O)(=O)Cc2ccccc2F)n1CC1CCCO1)C(=O)c1cccc(Cl)c1. The molecule has 1 fully saturated rings. The summed E-state index contributed by atoms with van der Waals surface area (Å²) >= 11 is 6.09. The molecule has 1 saturated heterocycles. The van der Waals surface area contributed by atoms with Gasteiger partial charge in [0.25, 0.3) is 5.91 Å². The van der Waals surface area contributed by atoms with Crippen molar-refractivity contribution in [3.63, 3.8) is 0 Å². The highest BCUT2D eigenvalue weighted by Crippen LogP contribution is 2.24. The van der Waals surface area contributed by atoms with Gasteiger partial charge in [-0.25, -0.2) is 17.8 Å². The van der Waals surface area contributed by atoms with E-state index in [1.807, 2.05) is 13.8 Å². The smallest absolute Gasteiger partial charge is 0.254 e. The molecule has 1 amide bonds. The van der Waals surface area contributed by atoms with Gasteiger partial charge in [0.05, 0.1) is 36.8 Å². The summed E-state index contributed by atoms with van der Waals surface area (Å²) < 4.78 is 48.4. The molecule has 4 rings (SSSR count). The van der Waals surface area contributed by atoms with Crippen molar-refractivity contribution in [1.29, 1.82) is 0 Å². The van der Waals surface area contributed by atoms with Gasteiger partial charge in [-0.05, 0) is 51.0 Å². The Morgan fingerprint density at radius 2 is 2.03 bits per heavy atom. The number of rotatable bonds is 9. The Hall–Kier alpha value is -2.75. The van der Waals surface area contributed by atoms with Gasteiger partial charge in [-0.2, -0.15) is 0 Å². The molecular weight excluding hydrogens is 505 g/mol. The van der Waals surface area contributed by atoms with E-state index in [1.54, 1.807) is 39.8 Å². The molecule has 1 unspecified atom stereocenters. The number of benzene rings is 2. The van der Waals surface area contributed by atoms with Crippen LogP contribution in [-0.4, -0.2) is 47.5 Å². The Balaban J connectivity index is 1.69. The Labute approximate surface area is 215 Å². The zero-order chi connectivity index (χ0) is 25.9. The maximum absolute atomic E-state index is 14.2. The fourth-order valence-electron chi connectivity index (χ4n) is 4.29. The highest BCUT2D eigenvalue weighted by molar-refractivity contribution is 7.90. The maximum atomic E-state index is 14.2. The van der Waals surface area contributed by atoms with E-state index < -0.39 is 21.4 Å². The van der Waals surface area contributed by atoms with Crippen LogP contribution in [0.15, 0.2) is 59.9 Å². The third-order valence-corrected chi connectivity index (χ3v) is 7.99. The molecule has 7 nitrogen and oxygen atoms in total. The van der Waals surface area contributed by atoms with Gasteiger partial charge in [0, 0.05) is 28.8 Å². The first-order chi connectivity index (χ1) is 17.2. The first kappa shape index (κ1) is 26.3. The van der Waals surface area contributed by atoms with Crippen LogP contribution in [0.5, 0.6) is 0 Å². The van der Waals surface area contributed by atoms with Crippen molar-refractivity contribution in [3.8, 4) is 0 Å². The zero-order valence-corrected chi connectivity index (χ0v) is 21.8. The molecule has 0 saturated carbocycles. The quantitative estimate of drug-likeness (QED) is 0.391. The van der Waals surface area contributed by atoms with E-state index in [0.29, 0.717) is 22.9 Å². The number of hydrogen-bond acceptors (Lipinski definition) is 5. The average molecular weight is 534 g/mol. The van der Waals surface area contributed by atoms with E-state index in [2.05, 4.69) is 4.98 Å². The fraction of sp³-hybridized carbons (Fsp3) is 0.385. The summed E-state index contributed by atoms with van der Waals surface area (Å²) in [6, 6.07) is 12.3. The number of hydrogen-bond donors (Lipinski definition) is 0. The lowest BCUT2D eigenvalue weighted by Gasteiger charge is -2.28. The molecule has 0 bridgehead atoms. The largest absolute Gasteiger partial charge is 0.376 e. The van der Waals surface area contributed by atoms with E-state index in [0.717, 1.165) is 12.8 Å². The van der Waals surface area contributed by atoms with Crippen LogP contribution < -0.4 is 0 Å². The van der Waals surface area contributed by atoms with Gasteiger partial charge in [-0.1, -0.05) is 35.9 Å². The van der Waals surface area contributed by atoms with E-state index >= 15 is 0 Å². The van der Waals surface area contributed by atoms with Crippen LogP contribution in [0.2, 0.25) is 5.02 Å². The van der Waals surface area contributed by atoms with Gasteiger partial charge in [0.15, 0.2) is 0 Å². The molecule has 0 aliphatic carbocycles. The van der Waals surface area contributed by atoms with Crippen LogP contribution in [-0.2, 0) is 33.4 Å². The Kier molecular flexibility index (Phi) is 8.12. The van der Waals surface area contributed by atoms with E-state index in [9.17, 15) is 17.6 Å². The summed E-state index contributed by atoms with van der Waals surface area (Å²) in [4.78, 5) is 19.2. The second-order valence-electron chi connectivity index (χ2n) is 9.17. The molecule has 36 heavy (non-hydrogen) atoms. The summed E-state index contributed by atoms with van der Waals surface area (Å²) in [5.74, 6) is -1.33. The van der Waals surface area contributed by atoms with E-state index in [4.69, 9.17) is 16.3 Å². The van der Waals surface area contributed by atoms with E-state index in [-0.39, 0.29) is 41.9 Å². The summed E-state index contributed by atoms with van der Waals surface area (Å²) in [6.07, 6.45) is 2.98. The van der Waals surface area contributed by atoms with Crippen LogP contribution in [0.4, 0.5) is 4.39 Å². The molecular formula is C26H29ClFN3O4S. The molecule has 2 aromatic carbocycles. The lowest BCUT2D eigenvalue weighted by molar-refractivity contribution is 0.0678. The molecule has 192 valence electrons. The van der Waals surface area contributed by atoms with Gasteiger partial charge in [0.2, 0.25) is 15.0 Å². The molecule has 1 atom stereocenters. The zero-order valence-electron chi connectivity index (χ0n) is 20.2. The van der Waals surface area contributed by atoms with Crippen molar-refractivity contribution in [2.75, 3.05) is 6.61 Å². The van der Waals surface area contributed by atoms with Crippen LogP contribution in [0.25, 0.3) is 0 Å². The van der Waals surface area contributed by atoms with Crippen molar-refractivity contribution in [3.05, 3.63) is 82.4 Å². The molecule has 1 aromatic heterocycles. The number of amides is 1. The van der Waals surface area contributed by atoms with Crippen molar-refractivity contribution >= 4 is 27.3 Å². The number of carbonyl (C=O) groups is 1. The normalized spacial score (nSPS) is 16.0. The third-order valence-electron chi connectivity index (χ3n) is 6.18. The average Bonchev–Trinajstić information content (AvgIpc) is 3.49. The molecule has 1 aliphatic heterocycles. The Bertz CT molecular complexity index is 1340. The Morgan fingerprint density at radius 1 is 1.25 bits per heavy atom. The van der Waals surface area contributed by atoms with Crippen LogP contribution >= 0.6 is 11.6 Å². The van der Waals surface area contributed by atoms with E-state index in [1.165, 1.54) is 24.4 Å². The second-order valence-corrected chi connectivity index (χ2v) is 11.5. The minimum absolute atomic E-state index is 0.0747. The number of carbonyl (C=O) groups excluding carboxylic acids is 1. The van der Waals surface area contributed by atoms with Crippen molar-refractivity contribution in [2.24, 2.45) is 0 Å². The number of sulfone groups is 1. The first-order valence-corrected chi connectivity index (χ1v) is 13.9. The minimum atomic E-state index is -3.99. The predicted octanol–water partition coefficient (Wildman–Crippen LogP) is 4.88. The van der Waals surface area contributed by atoms with Gasteiger partial charge < -0.3 is 14.2 Å². The lowest BCUT2D eigenvalue weighted by atomic mass is 10.1. The molecule has 2 heterocycles. The summed E-state index contributed by atoms with van der Waals surface area (Å²) in [7, 11) is -3.99. The number of halogens is 2. The van der Waals surface area contributed by atoms with Crippen LogP contribution in [0.3, 0.4) is 0 Å². The van der Waals surface area contributed by atoms with Crippen molar-refractivity contribution in [2.45, 2.75) is 62.8 Å². The molecule has 0 radical (unpaired) electrons. The topological polar surface area (TPSA) is 81.5 Å². The molecule has 0 spiro atoms. The number of aromatic nitrogens is 2. The first-order valence-electron chi connectivity index (χ1n) is 11.8. The summed E-state index contributed by atoms with van der Waals surface area (Å²) in [5, 5.41) is 0.296. The standard InChI is InChI=1S/C26H29ClFN3O4S/c1-18(2)30(25(32)19-8-5-9-21(27)13-19)15-22-14-29-26(31(22)16-23-10-6-12-35-23)36(33,34)17-20-7-3-4-11-24(20)28/h3-5,7-9,11,13-14,18,23H,6,10,12,15-17H2,1-2H3. The Morgan fingerprint density at radius 3 is 2.69 bits per heavy atom. The van der Waals surface area contributed by atoms with Gasteiger partial charge in [-0.3, -0.25) is 4.79 Å². The van der Waals surface area contributed by atoms with Crippen LogP contribution in [0, 0.1) is 5.82 Å². The van der Waals surface area contributed by atoms with Gasteiger partial charge >= 0.3 is 0 Å². The molecule has 1 aliphatic rings. The fourth-order valence-corrected chi connectivity index (χ4v) is 5.99. The van der Waals surface area contributed by atoms with Crippen LogP contribution in [0.1, 0.15) is 48.3 Å². The highest BCUT2D eigenvalue weighted by Gasteiger charge is 2.29. The summed E-state index contributed by atoms with van der Waals surface area (Å²) in [6.45, 7) is 4.80. The molecule has 10 heteroatoms. The highest BCUT2D eigenvalue weighted by atomic mass is 35.5. The van der Waals surface area contributed by atoms with Crippen molar-refractivity contribution in [1.82, 2.24) is 14.5 Å². The molecule has 3 aromatic rings. The second kappa shape index (κ2) is 11.1. The number of imidazole rings is 1. The monoisotopic (exact) mass is 533 g/mol. The summed E-state index contributed by atoms with van der Waals surface area (Å²) in [5.41, 5.74) is 1.07. The van der Waals surface area contributed by atoms with Crippen molar-refractivity contribution < 1.29 is 22.3 Å². The number of ether oxygens (including phenoxy) is 1. The number of nitrogens with zero attached hydrogens (tertiary/aromatic N) is 3. The minimum Gasteiger partial charge on any atom is -0.376 e. The maximum Gasteiger partial charge on any atom is 0.254 e. The van der Waals surface area contributed by atoms with Gasteiger partial charge in [0.1, 0.15) is 5.82 Å².